The van der Waals surface area contributed by atoms with Crippen molar-refractivity contribution in [2.24, 2.45) is 0 Å². The van der Waals surface area contributed by atoms with Crippen LogP contribution in [0.1, 0.15) is 102 Å². The van der Waals surface area contributed by atoms with E-state index in [4.69, 9.17) is 0 Å². The number of nitrogens with one attached hydrogen (secondary N) is 1. The quantitative estimate of drug-likeness (QED) is 0.264. The third-order valence-electron chi connectivity index (χ3n) is 6.08. The monoisotopic (exact) mass is 409 g/mol. The number of amides is 1. The fourth-order valence-electron chi connectivity index (χ4n) is 4.23. The first-order valence-electron chi connectivity index (χ1n) is 12.5. The molecule has 0 spiro atoms. The van der Waals surface area contributed by atoms with Gasteiger partial charge < -0.3 is 5.32 Å². The van der Waals surface area contributed by atoms with Crippen molar-refractivity contribution in [1.29, 1.82) is 0 Å². The van der Waals surface area contributed by atoms with Crippen molar-refractivity contribution in [3.63, 3.8) is 0 Å². The maximum atomic E-state index is 12.3. The molecule has 1 N–H and O–H groups in total. The molecule has 30 heavy (non-hydrogen) atoms. The molecule has 0 aliphatic heterocycles. The van der Waals surface area contributed by atoms with E-state index in [1.54, 1.807) is 0 Å². The SMILES string of the molecule is CCCCCCCCCCCCCCCCNC(=O)Cc1cccc2ccccc12. The Morgan fingerprint density at radius 2 is 1.20 bits per heavy atom. The van der Waals surface area contributed by atoms with Gasteiger partial charge in [-0.05, 0) is 22.8 Å². The second-order valence-electron chi connectivity index (χ2n) is 8.76. The number of carbonyl (C=O) groups excluding carboxylic acids is 1. The summed E-state index contributed by atoms with van der Waals surface area (Å²) < 4.78 is 0. The number of carbonyl (C=O) groups is 1. The van der Waals surface area contributed by atoms with Crippen molar-refractivity contribution in [3.05, 3.63) is 48.0 Å². The van der Waals surface area contributed by atoms with Crippen LogP contribution in [0.15, 0.2) is 42.5 Å². The van der Waals surface area contributed by atoms with E-state index in [-0.39, 0.29) is 5.91 Å². The second kappa shape index (κ2) is 15.9. The number of fused-ring (bicyclic) bond motifs is 1. The van der Waals surface area contributed by atoms with Gasteiger partial charge in [-0.1, -0.05) is 133 Å². The Labute approximate surface area is 184 Å². The van der Waals surface area contributed by atoms with Crippen LogP contribution in [0.4, 0.5) is 0 Å². The topological polar surface area (TPSA) is 29.1 Å². The molecule has 2 aromatic carbocycles. The molecule has 0 atom stereocenters. The molecule has 0 radical (unpaired) electrons. The van der Waals surface area contributed by atoms with Gasteiger partial charge in [-0.2, -0.15) is 0 Å². The molecule has 0 aromatic heterocycles. The van der Waals surface area contributed by atoms with E-state index in [1.165, 1.54) is 94.2 Å². The predicted octanol–water partition coefficient (Wildman–Crippen LogP) is 7.98. The number of benzene rings is 2. The van der Waals surface area contributed by atoms with Crippen LogP contribution in [0.2, 0.25) is 0 Å². The van der Waals surface area contributed by atoms with E-state index >= 15 is 0 Å². The summed E-state index contributed by atoms with van der Waals surface area (Å²) in [6.07, 6.45) is 19.6. The zero-order valence-electron chi connectivity index (χ0n) is 19.3. The molecule has 0 saturated carbocycles. The summed E-state index contributed by atoms with van der Waals surface area (Å²) >= 11 is 0. The van der Waals surface area contributed by atoms with Crippen LogP contribution < -0.4 is 5.32 Å². The summed E-state index contributed by atoms with van der Waals surface area (Å²) in [4.78, 5) is 12.3. The number of hydrogen-bond donors (Lipinski definition) is 1. The largest absolute Gasteiger partial charge is 0.356 e. The Hall–Kier alpha value is -1.83. The van der Waals surface area contributed by atoms with Crippen molar-refractivity contribution in [2.45, 2.75) is 103 Å². The molecule has 0 fully saturated rings. The average Bonchev–Trinajstić information content (AvgIpc) is 2.76. The van der Waals surface area contributed by atoms with E-state index in [0.29, 0.717) is 6.42 Å². The van der Waals surface area contributed by atoms with Gasteiger partial charge in [0.05, 0.1) is 6.42 Å². The lowest BCUT2D eigenvalue weighted by Gasteiger charge is -2.08. The fourth-order valence-corrected chi connectivity index (χ4v) is 4.23. The third-order valence-corrected chi connectivity index (χ3v) is 6.08. The summed E-state index contributed by atoms with van der Waals surface area (Å²) in [5.74, 6) is 0.140. The van der Waals surface area contributed by atoms with Gasteiger partial charge in [0.1, 0.15) is 0 Å². The number of rotatable bonds is 17. The Kier molecular flexibility index (Phi) is 13.0. The lowest BCUT2D eigenvalue weighted by Crippen LogP contribution is -2.26. The minimum absolute atomic E-state index is 0.140. The molecule has 0 heterocycles. The molecule has 2 nitrogen and oxygen atoms in total. The average molecular weight is 410 g/mol. The lowest BCUT2D eigenvalue weighted by atomic mass is 10.0. The highest BCUT2D eigenvalue weighted by Gasteiger charge is 2.06. The van der Waals surface area contributed by atoms with Crippen molar-refractivity contribution in [3.8, 4) is 0 Å². The molecule has 0 bridgehead atoms. The van der Waals surface area contributed by atoms with Gasteiger partial charge in [0, 0.05) is 6.54 Å². The molecular formula is C28H43NO. The zero-order valence-corrected chi connectivity index (χ0v) is 19.3. The van der Waals surface area contributed by atoms with Crippen LogP contribution in [0.5, 0.6) is 0 Å². The smallest absolute Gasteiger partial charge is 0.224 e. The summed E-state index contributed by atoms with van der Waals surface area (Å²) in [7, 11) is 0. The Balaban J connectivity index is 1.41. The van der Waals surface area contributed by atoms with Crippen molar-refractivity contribution >= 4 is 16.7 Å². The summed E-state index contributed by atoms with van der Waals surface area (Å²) in [6.45, 7) is 3.09. The molecule has 1 amide bonds. The first-order chi connectivity index (χ1) is 14.8. The molecular weight excluding hydrogens is 366 g/mol. The van der Waals surface area contributed by atoms with E-state index in [0.717, 1.165) is 18.5 Å². The Morgan fingerprint density at radius 3 is 1.83 bits per heavy atom. The van der Waals surface area contributed by atoms with Gasteiger partial charge in [-0.25, -0.2) is 0 Å². The van der Waals surface area contributed by atoms with E-state index < -0.39 is 0 Å². The lowest BCUT2D eigenvalue weighted by molar-refractivity contribution is -0.120. The maximum Gasteiger partial charge on any atom is 0.224 e. The fraction of sp³-hybridized carbons (Fsp3) is 0.607. The van der Waals surface area contributed by atoms with Crippen LogP contribution in [0.25, 0.3) is 10.8 Å². The standard InChI is InChI=1S/C28H43NO/c1-2-3-4-5-6-7-8-9-10-11-12-13-14-17-23-29-28(30)24-26-21-18-20-25-19-15-16-22-27(25)26/h15-16,18-22H,2-14,17,23-24H2,1H3,(H,29,30). The third kappa shape index (κ3) is 10.3. The molecule has 2 rings (SSSR count). The molecule has 0 aliphatic carbocycles. The summed E-state index contributed by atoms with van der Waals surface area (Å²) in [5.41, 5.74) is 1.12. The summed E-state index contributed by atoms with van der Waals surface area (Å²) in [5, 5.41) is 5.49. The van der Waals surface area contributed by atoms with Crippen LogP contribution in [0.3, 0.4) is 0 Å². The van der Waals surface area contributed by atoms with E-state index in [9.17, 15) is 4.79 Å². The van der Waals surface area contributed by atoms with E-state index in [1.807, 2.05) is 18.2 Å². The van der Waals surface area contributed by atoms with Crippen LogP contribution in [-0.4, -0.2) is 12.5 Å². The first kappa shape index (κ1) is 24.4. The zero-order chi connectivity index (χ0) is 21.3. The Morgan fingerprint density at radius 1 is 0.667 bits per heavy atom. The first-order valence-corrected chi connectivity index (χ1v) is 12.5. The normalized spacial score (nSPS) is 11.1. The van der Waals surface area contributed by atoms with Gasteiger partial charge in [0.2, 0.25) is 5.91 Å². The van der Waals surface area contributed by atoms with Gasteiger partial charge in [0.25, 0.3) is 0 Å². The minimum Gasteiger partial charge on any atom is -0.356 e. The molecule has 0 saturated heterocycles. The second-order valence-corrected chi connectivity index (χ2v) is 8.76. The van der Waals surface area contributed by atoms with E-state index in [2.05, 4.69) is 36.5 Å². The molecule has 2 aromatic rings. The molecule has 2 heteroatoms. The van der Waals surface area contributed by atoms with Crippen LogP contribution in [-0.2, 0) is 11.2 Å². The van der Waals surface area contributed by atoms with Gasteiger partial charge in [0.15, 0.2) is 0 Å². The maximum absolute atomic E-state index is 12.3. The predicted molar refractivity (Wildman–Crippen MR) is 131 cm³/mol. The Bertz CT molecular complexity index is 703. The molecule has 166 valence electrons. The van der Waals surface area contributed by atoms with Crippen LogP contribution in [0, 0.1) is 0 Å². The highest BCUT2D eigenvalue weighted by atomic mass is 16.1. The van der Waals surface area contributed by atoms with Crippen molar-refractivity contribution < 1.29 is 4.79 Å². The molecule has 0 aliphatic rings. The summed E-state index contributed by atoms with van der Waals surface area (Å²) in [6, 6.07) is 14.5. The van der Waals surface area contributed by atoms with Crippen molar-refractivity contribution in [2.75, 3.05) is 6.54 Å². The van der Waals surface area contributed by atoms with Crippen LogP contribution >= 0.6 is 0 Å². The van der Waals surface area contributed by atoms with Gasteiger partial charge in [-0.3, -0.25) is 4.79 Å². The highest BCUT2D eigenvalue weighted by Crippen LogP contribution is 2.19. The van der Waals surface area contributed by atoms with Gasteiger partial charge in [-0.15, -0.1) is 0 Å². The number of unbranched alkanes of at least 4 members (excludes halogenated alkanes) is 13. The molecule has 0 unspecified atom stereocenters. The number of hydrogen-bond acceptors (Lipinski definition) is 1. The van der Waals surface area contributed by atoms with Gasteiger partial charge >= 0.3 is 0 Å². The highest BCUT2D eigenvalue weighted by molar-refractivity contribution is 5.90. The minimum atomic E-state index is 0.140. The van der Waals surface area contributed by atoms with Crippen molar-refractivity contribution in [1.82, 2.24) is 5.32 Å².